The summed E-state index contributed by atoms with van der Waals surface area (Å²) in [5.74, 6) is 1.11. The topological polar surface area (TPSA) is 106 Å². The summed E-state index contributed by atoms with van der Waals surface area (Å²) < 4.78 is 11.1. The molecular weight excluding hydrogens is 372 g/mol. The van der Waals surface area contributed by atoms with Gasteiger partial charge >= 0.3 is 6.09 Å². The Balaban J connectivity index is 2.11. The van der Waals surface area contributed by atoms with Gasteiger partial charge in [0.15, 0.2) is 11.6 Å². The number of aliphatic hydroxyl groups is 1. The second-order valence-corrected chi connectivity index (χ2v) is 7.58. The molecule has 158 valence electrons. The number of nitrogens with one attached hydrogen (secondary N) is 2. The normalized spacial score (nSPS) is 11.1. The molecule has 0 spiro atoms. The summed E-state index contributed by atoms with van der Waals surface area (Å²) >= 11 is 0. The van der Waals surface area contributed by atoms with Crippen LogP contribution in [-0.4, -0.2) is 33.3 Å². The number of anilines is 2. The molecule has 1 aromatic carbocycles. The highest BCUT2D eigenvalue weighted by Crippen LogP contribution is 2.24. The molecule has 0 radical (unpaired) electrons. The van der Waals surface area contributed by atoms with Gasteiger partial charge in [0, 0.05) is 6.54 Å². The highest BCUT2D eigenvalue weighted by atomic mass is 16.6. The molecule has 3 N–H and O–H groups in total. The molecular formula is C21H30N4O4. The number of aromatic nitrogens is 2. The third-order valence-corrected chi connectivity index (χ3v) is 3.76. The Bertz CT molecular complexity index is 806. The minimum Gasteiger partial charge on any atom is -0.483 e. The van der Waals surface area contributed by atoms with E-state index in [0.29, 0.717) is 18.2 Å². The van der Waals surface area contributed by atoms with Crippen molar-refractivity contribution in [1.29, 1.82) is 0 Å². The fourth-order valence-corrected chi connectivity index (χ4v) is 2.42. The summed E-state index contributed by atoms with van der Waals surface area (Å²) in [6.45, 7) is 8.46. The molecule has 8 nitrogen and oxygen atoms in total. The van der Waals surface area contributed by atoms with E-state index in [4.69, 9.17) is 9.47 Å². The van der Waals surface area contributed by atoms with E-state index < -0.39 is 11.7 Å². The number of ether oxygens (including phenoxy) is 2. The summed E-state index contributed by atoms with van der Waals surface area (Å²) in [5.41, 5.74) is 1.13. The van der Waals surface area contributed by atoms with E-state index >= 15 is 0 Å². The van der Waals surface area contributed by atoms with Gasteiger partial charge in [0.2, 0.25) is 5.95 Å². The minimum absolute atomic E-state index is 0.0220. The van der Waals surface area contributed by atoms with Gasteiger partial charge in [0.1, 0.15) is 12.2 Å². The van der Waals surface area contributed by atoms with Gasteiger partial charge in [-0.05, 0) is 38.3 Å². The van der Waals surface area contributed by atoms with E-state index in [2.05, 4.69) is 27.5 Å². The molecule has 1 amide bonds. The second-order valence-electron chi connectivity index (χ2n) is 7.58. The summed E-state index contributed by atoms with van der Waals surface area (Å²) in [7, 11) is 0. The van der Waals surface area contributed by atoms with E-state index in [9.17, 15) is 9.90 Å². The van der Waals surface area contributed by atoms with Gasteiger partial charge in [0.25, 0.3) is 0 Å². The first kappa shape index (κ1) is 22.4. The predicted molar refractivity (Wildman–Crippen MR) is 112 cm³/mol. The number of carbonyl (C=O) groups is 1. The highest BCUT2D eigenvalue weighted by molar-refractivity contribution is 5.82. The van der Waals surface area contributed by atoms with Gasteiger partial charge in [-0.3, -0.25) is 5.32 Å². The lowest BCUT2D eigenvalue weighted by molar-refractivity contribution is 0.0634. The maximum Gasteiger partial charge on any atom is 0.414 e. The van der Waals surface area contributed by atoms with E-state index in [1.165, 1.54) is 6.20 Å². The first-order chi connectivity index (χ1) is 13.8. The Hall–Kier alpha value is -2.87. The standard InChI is InChI=1S/C21H30N4O4/c1-5-6-10-22-18-17(28-14-16-9-7-8-15(11-16)13-26)12-23-19(24-18)25-20(27)29-21(2,3)4/h7-9,11-12,26H,5-6,10,13-14H2,1-4H3,(H2,22,23,24,25,27). The minimum atomic E-state index is -0.619. The lowest BCUT2D eigenvalue weighted by atomic mass is 10.1. The van der Waals surface area contributed by atoms with Crippen LogP contribution in [0.3, 0.4) is 0 Å². The number of nitrogens with zero attached hydrogens (tertiary/aromatic N) is 2. The van der Waals surface area contributed by atoms with Crippen LogP contribution < -0.4 is 15.4 Å². The Morgan fingerprint density at radius 2 is 2.00 bits per heavy atom. The number of rotatable bonds is 9. The molecule has 0 atom stereocenters. The van der Waals surface area contributed by atoms with Gasteiger partial charge in [-0.1, -0.05) is 37.6 Å². The van der Waals surface area contributed by atoms with Crippen LogP contribution in [0.25, 0.3) is 0 Å². The van der Waals surface area contributed by atoms with Crippen molar-refractivity contribution in [2.45, 2.75) is 59.4 Å². The van der Waals surface area contributed by atoms with Crippen molar-refractivity contribution in [2.75, 3.05) is 17.2 Å². The Labute approximate surface area is 171 Å². The molecule has 29 heavy (non-hydrogen) atoms. The Kier molecular flexibility index (Phi) is 8.21. The van der Waals surface area contributed by atoms with Gasteiger partial charge in [-0.15, -0.1) is 0 Å². The molecule has 0 saturated carbocycles. The fourth-order valence-electron chi connectivity index (χ4n) is 2.42. The van der Waals surface area contributed by atoms with Crippen molar-refractivity contribution in [3.8, 4) is 5.75 Å². The summed E-state index contributed by atoms with van der Waals surface area (Å²) in [4.78, 5) is 20.5. The van der Waals surface area contributed by atoms with Gasteiger partial charge in [-0.25, -0.2) is 9.78 Å². The number of carbonyl (C=O) groups excluding carboxylic acids is 1. The number of hydrogen-bond donors (Lipinski definition) is 3. The molecule has 2 rings (SSSR count). The van der Waals surface area contributed by atoms with E-state index in [1.807, 2.05) is 24.3 Å². The van der Waals surface area contributed by atoms with Gasteiger partial charge < -0.3 is 19.9 Å². The Morgan fingerprint density at radius 3 is 2.69 bits per heavy atom. The molecule has 0 aliphatic rings. The first-order valence-corrected chi connectivity index (χ1v) is 9.73. The third kappa shape index (κ3) is 7.95. The quantitative estimate of drug-likeness (QED) is 0.542. The second kappa shape index (κ2) is 10.6. The van der Waals surface area contributed by atoms with Crippen LogP contribution in [0, 0.1) is 0 Å². The third-order valence-electron chi connectivity index (χ3n) is 3.76. The predicted octanol–water partition coefficient (Wildman–Crippen LogP) is 4.11. The van der Waals surface area contributed by atoms with Crippen LogP contribution in [0.2, 0.25) is 0 Å². The van der Waals surface area contributed by atoms with Crippen LogP contribution in [0.5, 0.6) is 5.75 Å². The van der Waals surface area contributed by atoms with Crippen molar-refractivity contribution in [1.82, 2.24) is 9.97 Å². The number of unbranched alkanes of at least 4 members (excludes halogenated alkanes) is 1. The number of amides is 1. The average molecular weight is 402 g/mol. The van der Waals surface area contributed by atoms with Crippen molar-refractivity contribution in [2.24, 2.45) is 0 Å². The van der Waals surface area contributed by atoms with Gasteiger partial charge in [-0.2, -0.15) is 4.98 Å². The van der Waals surface area contributed by atoms with Crippen molar-refractivity contribution in [3.05, 3.63) is 41.6 Å². The van der Waals surface area contributed by atoms with E-state index in [1.54, 1.807) is 20.8 Å². The van der Waals surface area contributed by atoms with E-state index in [0.717, 1.165) is 30.5 Å². The summed E-state index contributed by atoms with van der Waals surface area (Å²) in [6.07, 6.45) is 2.90. The number of benzene rings is 1. The smallest absolute Gasteiger partial charge is 0.414 e. The summed E-state index contributed by atoms with van der Waals surface area (Å²) in [6, 6.07) is 7.52. The average Bonchev–Trinajstić information content (AvgIpc) is 2.66. The van der Waals surface area contributed by atoms with Crippen LogP contribution in [-0.2, 0) is 18.0 Å². The molecule has 0 aliphatic heterocycles. The molecule has 1 heterocycles. The maximum atomic E-state index is 12.0. The molecule has 0 unspecified atom stereocenters. The lowest BCUT2D eigenvalue weighted by Gasteiger charge is -2.19. The van der Waals surface area contributed by atoms with Crippen molar-refractivity contribution in [3.63, 3.8) is 0 Å². The molecule has 0 fully saturated rings. The SMILES string of the molecule is CCCCNc1nc(NC(=O)OC(C)(C)C)ncc1OCc1cccc(CO)c1. The fraction of sp³-hybridized carbons (Fsp3) is 0.476. The largest absolute Gasteiger partial charge is 0.483 e. The first-order valence-electron chi connectivity index (χ1n) is 9.73. The molecule has 2 aromatic rings. The number of hydrogen-bond acceptors (Lipinski definition) is 7. The van der Waals surface area contributed by atoms with Crippen LogP contribution in [0.1, 0.15) is 51.7 Å². The van der Waals surface area contributed by atoms with Crippen LogP contribution in [0.4, 0.5) is 16.6 Å². The molecule has 1 aromatic heterocycles. The monoisotopic (exact) mass is 402 g/mol. The lowest BCUT2D eigenvalue weighted by Crippen LogP contribution is -2.28. The van der Waals surface area contributed by atoms with E-state index in [-0.39, 0.29) is 12.6 Å². The molecule has 0 bridgehead atoms. The van der Waals surface area contributed by atoms with Crippen LogP contribution in [0.15, 0.2) is 30.5 Å². The summed E-state index contributed by atoms with van der Waals surface area (Å²) in [5, 5.41) is 15.0. The molecule has 0 aliphatic carbocycles. The zero-order valence-corrected chi connectivity index (χ0v) is 17.5. The van der Waals surface area contributed by atoms with Gasteiger partial charge in [0.05, 0.1) is 12.8 Å². The molecule has 0 saturated heterocycles. The van der Waals surface area contributed by atoms with Crippen molar-refractivity contribution >= 4 is 17.9 Å². The zero-order chi connectivity index (χ0) is 21.3. The molecule has 8 heteroatoms. The zero-order valence-electron chi connectivity index (χ0n) is 17.5. The van der Waals surface area contributed by atoms with Crippen LogP contribution >= 0.6 is 0 Å². The maximum absolute atomic E-state index is 12.0. The van der Waals surface area contributed by atoms with Crippen molar-refractivity contribution < 1.29 is 19.4 Å². The number of aliphatic hydroxyl groups excluding tert-OH is 1. The highest BCUT2D eigenvalue weighted by Gasteiger charge is 2.18. The Morgan fingerprint density at radius 1 is 1.24 bits per heavy atom.